The van der Waals surface area contributed by atoms with Crippen molar-refractivity contribution in [1.29, 1.82) is 0 Å². The number of aryl methyl sites for hydroxylation is 2. The normalized spacial score (nSPS) is 11.3. The lowest BCUT2D eigenvalue weighted by Crippen LogP contribution is -2.25. The highest BCUT2D eigenvalue weighted by Crippen LogP contribution is 2.42. The molecule has 43 heavy (non-hydrogen) atoms. The molecule has 5 aromatic rings. The minimum absolute atomic E-state index is 0.0291. The molecule has 5 heteroatoms. The zero-order valence-corrected chi connectivity index (χ0v) is 25.0. The molecule has 2 N–H and O–H groups in total. The van der Waals surface area contributed by atoms with Crippen LogP contribution >= 0.6 is 0 Å². The van der Waals surface area contributed by atoms with Gasteiger partial charge in [-0.1, -0.05) is 71.8 Å². The average molecular weight is 574 g/mol. The third-order valence-electron chi connectivity index (χ3n) is 7.87. The lowest BCUT2D eigenvalue weighted by atomic mass is 9.71. The highest BCUT2D eigenvalue weighted by atomic mass is 16.5. The Kier molecular flexibility index (Phi) is 9.45. The summed E-state index contributed by atoms with van der Waals surface area (Å²) in [6.07, 6.45) is 0. The van der Waals surface area contributed by atoms with Crippen LogP contribution in [0.5, 0.6) is 11.5 Å². The van der Waals surface area contributed by atoms with E-state index < -0.39 is 5.41 Å². The number of nitrogens with zero attached hydrogens (tertiary/aromatic N) is 1. The van der Waals surface area contributed by atoms with Crippen molar-refractivity contribution >= 4 is 17.1 Å². The van der Waals surface area contributed by atoms with Crippen molar-refractivity contribution in [1.82, 2.24) is 0 Å². The van der Waals surface area contributed by atoms with Crippen LogP contribution in [0.2, 0.25) is 0 Å². The van der Waals surface area contributed by atoms with Gasteiger partial charge in [0.1, 0.15) is 24.7 Å². The Morgan fingerprint density at radius 3 is 1.12 bits per heavy atom. The molecule has 220 valence electrons. The van der Waals surface area contributed by atoms with Gasteiger partial charge in [0.15, 0.2) is 0 Å². The monoisotopic (exact) mass is 573 g/mol. The number of hydrogen-bond acceptors (Lipinski definition) is 5. The molecule has 0 heterocycles. The summed E-state index contributed by atoms with van der Waals surface area (Å²) >= 11 is 0. The molecule has 0 spiro atoms. The summed E-state index contributed by atoms with van der Waals surface area (Å²) in [5, 5.41) is 18.3. The lowest BCUT2D eigenvalue weighted by molar-refractivity contribution is 0.201. The zero-order valence-electron chi connectivity index (χ0n) is 25.0. The molecule has 0 aliphatic heterocycles. The number of benzene rings is 5. The quantitative estimate of drug-likeness (QED) is 0.149. The third-order valence-corrected chi connectivity index (χ3v) is 7.87. The smallest absolute Gasteiger partial charge is 0.119 e. The minimum Gasteiger partial charge on any atom is -0.491 e. The van der Waals surface area contributed by atoms with Crippen LogP contribution in [0, 0.1) is 13.8 Å². The van der Waals surface area contributed by atoms with Crippen LogP contribution in [0.15, 0.2) is 121 Å². The first-order chi connectivity index (χ1) is 20.9. The maximum absolute atomic E-state index is 9.16. The number of aliphatic hydroxyl groups is 2. The molecule has 0 aromatic heterocycles. The van der Waals surface area contributed by atoms with Gasteiger partial charge in [-0.05, 0) is 98.1 Å². The van der Waals surface area contributed by atoms with Gasteiger partial charge in [-0.15, -0.1) is 0 Å². The van der Waals surface area contributed by atoms with E-state index in [2.05, 4.69) is 123 Å². The number of aliphatic hydroxyl groups excluding tert-OH is 2. The Hall–Kier alpha value is -4.58. The van der Waals surface area contributed by atoms with Gasteiger partial charge in [-0.2, -0.15) is 0 Å². The van der Waals surface area contributed by atoms with E-state index in [9.17, 15) is 0 Å². The average Bonchev–Trinajstić information content (AvgIpc) is 3.05. The molecular formula is C38H39NO4. The Labute approximate surface area is 254 Å². The first-order valence-electron chi connectivity index (χ1n) is 14.6. The van der Waals surface area contributed by atoms with E-state index in [0.29, 0.717) is 0 Å². The van der Waals surface area contributed by atoms with Gasteiger partial charge in [0.25, 0.3) is 0 Å². The van der Waals surface area contributed by atoms with Crippen LogP contribution in [0.3, 0.4) is 0 Å². The molecular weight excluding hydrogens is 534 g/mol. The highest BCUT2D eigenvalue weighted by molar-refractivity contribution is 5.77. The van der Waals surface area contributed by atoms with Gasteiger partial charge in [-0.25, -0.2) is 0 Å². The molecule has 5 rings (SSSR count). The van der Waals surface area contributed by atoms with Crippen LogP contribution in [-0.4, -0.2) is 36.6 Å². The van der Waals surface area contributed by atoms with Crippen LogP contribution in [0.1, 0.15) is 34.7 Å². The second-order valence-corrected chi connectivity index (χ2v) is 10.9. The maximum Gasteiger partial charge on any atom is 0.119 e. The van der Waals surface area contributed by atoms with Crippen molar-refractivity contribution in [3.05, 3.63) is 149 Å². The summed E-state index contributed by atoms with van der Waals surface area (Å²) in [5.74, 6) is 1.44. The summed E-state index contributed by atoms with van der Waals surface area (Å²) in [6, 6.07) is 42.1. The van der Waals surface area contributed by atoms with Gasteiger partial charge in [-0.3, -0.25) is 0 Å². The Morgan fingerprint density at radius 2 is 0.791 bits per heavy atom. The Bertz CT molecular complexity index is 1480. The van der Waals surface area contributed by atoms with Crippen LogP contribution in [-0.2, 0) is 5.41 Å². The molecule has 0 amide bonds. The first kappa shape index (κ1) is 29.9. The molecule has 0 unspecified atom stereocenters. The molecule has 0 bridgehead atoms. The van der Waals surface area contributed by atoms with Crippen LogP contribution < -0.4 is 14.4 Å². The van der Waals surface area contributed by atoms with Gasteiger partial charge in [0.05, 0.1) is 13.2 Å². The fraction of sp³-hybridized carbons (Fsp3) is 0.211. The van der Waals surface area contributed by atoms with Crippen molar-refractivity contribution < 1.29 is 19.7 Å². The van der Waals surface area contributed by atoms with E-state index in [0.717, 1.165) is 45.3 Å². The van der Waals surface area contributed by atoms with Crippen molar-refractivity contribution in [2.45, 2.75) is 26.2 Å². The lowest BCUT2D eigenvalue weighted by Gasteiger charge is -2.33. The van der Waals surface area contributed by atoms with Crippen molar-refractivity contribution in [2.24, 2.45) is 0 Å². The summed E-state index contributed by atoms with van der Waals surface area (Å²) in [4.78, 5) is 2.28. The SMILES string of the molecule is Cc1ccc(N(c2ccc(C)cc2)c2ccc(C(C)(c3ccc(OCCO)cc3)c3ccc(OCCO)cc3)cc2)cc1. The molecule has 0 atom stereocenters. The molecule has 0 saturated carbocycles. The summed E-state index contributed by atoms with van der Waals surface area (Å²) in [6.45, 7) is 6.89. The molecule has 0 aliphatic rings. The van der Waals surface area contributed by atoms with E-state index in [-0.39, 0.29) is 26.4 Å². The van der Waals surface area contributed by atoms with Crippen molar-refractivity contribution in [3.8, 4) is 11.5 Å². The Balaban J connectivity index is 1.57. The molecule has 0 saturated heterocycles. The summed E-state index contributed by atoms with van der Waals surface area (Å²) < 4.78 is 11.3. The number of anilines is 3. The van der Waals surface area contributed by atoms with E-state index in [1.807, 2.05) is 24.3 Å². The molecule has 5 aromatic carbocycles. The maximum atomic E-state index is 9.16. The molecule has 0 radical (unpaired) electrons. The predicted molar refractivity (Wildman–Crippen MR) is 174 cm³/mol. The van der Waals surface area contributed by atoms with E-state index in [1.54, 1.807) is 0 Å². The molecule has 0 fully saturated rings. The van der Waals surface area contributed by atoms with E-state index in [4.69, 9.17) is 19.7 Å². The summed E-state index contributed by atoms with van der Waals surface area (Å²) in [5.41, 5.74) is 8.57. The Morgan fingerprint density at radius 1 is 0.488 bits per heavy atom. The van der Waals surface area contributed by atoms with E-state index in [1.165, 1.54) is 11.1 Å². The van der Waals surface area contributed by atoms with Gasteiger partial charge >= 0.3 is 0 Å². The second kappa shape index (κ2) is 13.6. The standard InChI is InChI=1S/C38H39NO4/c1-28-4-14-33(15-5-28)39(34-16-6-29(2)7-17-34)35-18-8-30(9-19-35)38(3,31-10-20-36(21-11-31)42-26-24-40)32-12-22-37(23-13-32)43-27-25-41/h4-23,40-41H,24-27H2,1-3H3. The highest BCUT2D eigenvalue weighted by Gasteiger charge is 2.31. The number of hydrogen-bond donors (Lipinski definition) is 2. The minimum atomic E-state index is -0.484. The van der Waals surface area contributed by atoms with Crippen LogP contribution in [0.4, 0.5) is 17.1 Å². The van der Waals surface area contributed by atoms with E-state index >= 15 is 0 Å². The fourth-order valence-corrected chi connectivity index (χ4v) is 5.37. The van der Waals surface area contributed by atoms with Gasteiger partial charge in [0.2, 0.25) is 0 Å². The van der Waals surface area contributed by atoms with Crippen LogP contribution in [0.25, 0.3) is 0 Å². The number of rotatable bonds is 12. The molecule has 0 aliphatic carbocycles. The van der Waals surface area contributed by atoms with Gasteiger partial charge in [0, 0.05) is 22.5 Å². The third kappa shape index (κ3) is 6.75. The fourth-order valence-electron chi connectivity index (χ4n) is 5.37. The molecule has 5 nitrogen and oxygen atoms in total. The number of ether oxygens (including phenoxy) is 2. The summed E-state index contributed by atoms with van der Waals surface area (Å²) in [7, 11) is 0. The topological polar surface area (TPSA) is 62.2 Å². The predicted octanol–water partition coefficient (Wildman–Crippen LogP) is 7.87. The first-order valence-corrected chi connectivity index (χ1v) is 14.6. The van der Waals surface area contributed by atoms with Crippen molar-refractivity contribution in [3.63, 3.8) is 0 Å². The largest absolute Gasteiger partial charge is 0.491 e. The van der Waals surface area contributed by atoms with Crippen molar-refractivity contribution in [2.75, 3.05) is 31.3 Å². The zero-order chi connectivity index (χ0) is 30.2. The van der Waals surface area contributed by atoms with Gasteiger partial charge < -0.3 is 24.6 Å². The second-order valence-electron chi connectivity index (χ2n) is 10.9.